The normalized spacial score (nSPS) is 20.7. The van der Waals surface area contributed by atoms with Gasteiger partial charge in [0.05, 0.1) is 43.0 Å². The van der Waals surface area contributed by atoms with E-state index in [1.165, 1.54) is 0 Å². The average molecular weight is 661 g/mol. The number of aliphatic hydroxyl groups is 1. The molecule has 3 heterocycles. The summed E-state index contributed by atoms with van der Waals surface area (Å²) in [6, 6.07) is 20.2. The standard InChI is InChI=1S/C35H40N4O7S/c1-21-15-28-32(39-47-38-28)22(2)33(21)44-20-31(41)36-25(16-23-9-5-3-6-10-23)18-29(40)27(17-24-11-7-4-8-12-24)37-35(42)46-30-19-45-34-26(30)13-14-43-34/h3-12,15,25-27,29-30,34,40H,13-14,16-20H2,1-2H3,(H,36,41)(H,37,42)/t25-,26-,27-,29-,30-,34+/m0/s1. The number of benzene rings is 3. The minimum absolute atomic E-state index is 0.00130. The first-order valence-corrected chi connectivity index (χ1v) is 16.7. The summed E-state index contributed by atoms with van der Waals surface area (Å²) in [4.78, 5) is 26.5. The molecule has 0 saturated carbocycles. The summed E-state index contributed by atoms with van der Waals surface area (Å²) in [5, 5.41) is 17.6. The summed E-state index contributed by atoms with van der Waals surface area (Å²) in [7, 11) is 0. The molecule has 0 spiro atoms. The molecule has 0 radical (unpaired) electrons. The van der Waals surface area contributed by atoms with Gasteiger partial charge in [-0.05, 0) is 62.3 Å². The van der Waals surface area contributed by atoms with E-state index in [1.807, 2.05) is 80.6 Å². The molecule has 6 rings (SSSR count). The van der Waals surface area contributed by atoms with Crippen LogP contribution in [0.4, 0.5) is 4.79 Å². The molecule has 2 fully saturated rings. The highest BCUT2D eigenvalue weighted by atomic mass is 32.1. The number of aryl methyl sites for hydroxylation is 2. The van der Waals surface area contributed by atoms with Gasteiger partial charge < -0.3 is 34.7 Å². The van der Waals surface area contributed by atoms with Crippen LogP contribution in [0, 0.1) is 19.8 Å². The highest BCUT2D eigenvalue weighted by molar-refractivity contribution is 7.00. The molecule has 3 aromatic carbocycles. The van der Waals surface area contributed by atoms with Crippen molar-refractivity contribution in [2.75, 3.05) is 19.8 Å². The maximum Gasteiger partial charge on any atom is 0.407 e. The van der Waals surface area contributed by atoms with Crippen LogP contribution in [-0.4, -0.2) is 76.3 Å². The maximum absolute atomic E-state index is 13.3. The SMILES string of the molecule is Cc1cc2nsnc2c(C)c1OCC(=O)N[C@@H](Cc1ccccc1)C[C@H](O)[C@H](Cc1ccccc1)NC(=O)O[C@H]1CO[C@H]2OCC[C@H]21. The van der Waals surface area contributed by atoms with Crippen LogP contribution in [0.5, 0.6) is 5.75 Å². The van der Waals surface area contributed by atoms with Crippen molar-refractivity contribution in [2.24, 2.45) is 5.92 Å². The lowest BCUT2D eigenvalue weighted by atomic mass is 9.93. The number of nitrogens with zero attached hydrogens (tertiary/aromatic N) is 2. The van der Waals surface area contributed by atoms with Crippen LogP contribution >= 0.6 is 11.7 Å². The molecule has 2 aliphatic rings. The minimum Gasteiger partial charge on any atom is -0.483 e. The number of fused-ring (bicyclic) bond motifs is 2. The number of carbonyl (C=O) groups excluding carboxylic acids is 2. The van der Waals surface area contributed by atoms with E-state index in [2.05, 4.69) is 19.4 Å². The zero-order valence-electron chi connectivity index (χ0n) is 26.5. The second kappa shape index (κ2) is 15.2. The van der Waals surface area contributed by atoms with Crippen LogP contribution in [0.2, 0.25) is 0 Å². The van der Waals surface area contributed by atoms with Crippen LogP contribution in [0.25, 0.3) is 11.0 Å². The Morgan fingerprint density at radius 2 is 1.72 bits per heavy atom. The molecule has 12 heteroatoms. The molecule has 2 saturated heterocycles. The zero-order valence-corrected chi connectivity index (χ0v) is 27.3. The molecule has 3 N–H and O–H groups in total. The fourth-order valence-corrected chi connectivity index (χ4v) is 7.00. The van der Waals surface area contributed by atoms with E-state index >= 15 is 0 Å². The van der Waals surface area contributed by atoms with Gasteiger partial charge in [-0.15, -0.1) is 0 Å². The molecule has 47 heavy (non-hydrogen) atoms. The number of aromatic nitrogens is 2. The number of carbonyl (C=O) groups is 2. The fraction of sp³-hybridized carbons (Fsp3) is 0.429. The molecule has 248 valence electrons. The predicted octanol–water partition coefficient (Wildman–Crippen LogP) is 4.26. The highest BCUT2D eigenvalue weighted by Crippen LogP contribution is 2.33. The quantitative estimate of drug-likeness (QED) is 0.192. The largest absolute Gasteiger partial charge is 0.483 e. The molecule has 11 nitrogen and oxygen atoms in total. The van der Waals surface area contributed by atoms with Crippen molar-refractivity contribution in [3.8, 4) is 5.75 Å². The number of nitrogens with one attached hydrogen (secondary N) is 2. The minimum atomic E-state index is -1.01. The fourth-order valence-electron chi connectivity index (χ4n) is 6.42. The van der Waals surface area contributed by atoms with E-state index in [4.69, 9.17) is 18.9 Å². The van der Waals surface area contributed by atoms with Crippen molar-refractivity contribution in [1.82, 2.24) is 19.4 Å². The second-order valence-corrected chi connectivity index (χ2v) is 12.8. The van der Waals surface area contributed by atoms with Gasteiger partial charge in [0.2, 0.25) is 0 Å². The van der Waals surface area contributed by atoms with E-state index in [1.54, 1.807) is 0 Å². The number of aliphatic hydroxyl groups excluding tert-OH is 1. The first-order valence-electron chi connectivity index (χ1n) is 15.9. The smallest absolute Gasteiger partial charge is 0.407 e. The van der Waals surface area contributed by atoms with Crippen LogP contribution in [0.3, 0.4) is 0 Å². The number of hydrogen-bond donors (Lipinski definition) is 3. The number of hydrogen-bond acceptors (Lipinski definition) is 10. The third-order valence-electron chi connectivity index (χ3n) is 8.79. The van der Waals surface area contributed by atoms with E-state index in [9.17, 15) is 14.7 Å². The van der Waals surface area contributed by atoms with Gasteiger partial charge in [-0.3, -0.25) is 4.79 Å². The van der Waals surface area contributed by atoms with Gasteiger partial charge in [-0.25, -0.2) is 4.79 Å². The summed E-state index contributed by atoms with van der Waals surface area (Å²) in [6.45, 7) is 4.46. The Morgan fingerprint density at radius 3 is 2.47 bits per heavy atom. The Hall–Kier alpha value is -4.10. The number of alkyl carbamates (subject to hydrolysis) is 1. The summed E-state index contributed by atoms with van der Waals surface area (Å²) >= 11 is 1.14. The number of amides is 2. The number of ether oxygens (including phenoxy) is 4. The highest BCUT2D eigenvalue weighted by Gasteiger charge is 2.44. The topological polar surface area (TPSA) is 141 Å². The zero-order chi connectivity index (χ0) is 32.8. The van der Waals surface area contributed by atoms with Gasteiger partial charge in [0, 0.05) is 11.6 Å². The van der Waals surface area contributed by atoms with Gasteiger partial charge in [-0.2, -0.15) is 8.75 Å². The van der Waals surface area contributed by atoms with E-state index in [-0.39, 0.29) is 37.7 Å². The molecule has 0 bridgehead atoms. The van der Waals surface area contributed by atoms with Gasteiger partial charge in [0.15, 0.2) is 12.9 Å². The first-order chi connectivity index (χ1) is 22.8. The Bertz CT molecular complexity index is 1650. The molecular weight excluding hydrogens is 620 g/mol. The van der Waals surface area contributed by atoms with E-state index in [0.717, 1.165) is 51.4 Å². The lowest BCUT2D eigenvalue weighted by Gasteiger charge is -2.29. The van der Waals surface area contributed by atoms with Crippen molar-refractivity contribution >= 4 is 34.8 Å². The molecule has 4 aromatic rings. The number of rotatable bonds is 13. The molecule has 2 aliphatic heterocycles. The van der Waals surface area contributed by atoms with Crippen molar-refractivity contribution in [1.29, 1.82) is 0 Å². The van der Waals surface area contributed by atoms with Crippen LogP contribution < -0.4 is 15.4 Å². The van der Waals surface area contributed by atoms with Gasteiger partial charge in [0.25, 0.3) is 5.91 Å². The maximum atomic E-state index is 13.3. The predicted molar refractivity (Wildman–Crippen MR) is 176 cm³/mol. The third kappa shape index (κ3) is 8.25. The molecule has 0 unspecified atom stereocenters. The monoisotopic (exact) mass is 660 g/mol. The summed E-state index contributed by atoms with van der Waals surface area (Å²) < 4.78 is 31.6. The summed E-state index contributed by atoms with van der Waals surface area (Å²) in [5.74, 6) is 0.280. The molecular formula is C35H40N4O7S. The van der Waals surface area contributed by atoms with Crippen LogP contribution in [0.1, 0.15) is 35.1 Å². The Morgan fingerprint density at radius 1 is 1.00 bits per heavy atom. The van der Waals surface area contributed by atoms with Crippen molar-refractivity contribution in [3.05, 3.63) is 89.0 Å². The first kappa shape index (κ1) is 32.8. The van der Waals surface area contributed by atoms with Gasteiger partial charge in [-0.1, -0.05) is 60.7 Å². The summed E-state index contributed by atoms with van der Waals surface area (Å²) in [6.07, 6.45) is -0.605. The van der Waals surface area contributed by atoms with Crippen molar-refractivity contribution < 1.29 is 33.6 Å². The third-order valence-corrected chi connectivity index (χ3v) is 9.34. The summed E-state index contributed by atoms with van der Waals surface area (Å²) in [5.41, 5.74) is 5.21. The van der Waals surface area contributed by atoms with Crippen molar-refractivity contribution in [2.45, 2.75) is 70.1 Å². The van der Waals surface area contributed by atoms with Crippen LogP contribution in [-0.2, 0) is 31.8 Å². The lowest BCUT2D eigenvalue weighted by molar-refractivity contribution is -0.124. The van der Waals surface area contributed by atoms with Crippen molar-refractivity contribution in [3.63, 3.8) is 0 Å². The van der Waals surface area contributed by atoms with E-state index < -0.39 is 30.4 Å². The Balaban J connectivity index is 1.14. The van der Waals surface area contributed by atoms with Gasteiger partial charge in [0.1, 0.15) is 22.9 Å². The molecule has 0 aliphatic carbocycles. The molecule has 6 atom stereocenters. The van der Waals surface area contributed by atoms with Crippen LogP contribution in [0.15, 0.2) is 66.7 Å². The molecule has 1 aromatic heterocycles. The Labute approximate surface area is 277 Å². The lowest BCUT2D eigenvalue weighted by Crippen LogP contribution is -2.50. The average Bonchev–Trinajstić information content (AvgIpc) is 3.81. The second-order valence-electron chi connectivity index (χ2n) is 12.2. The van der Waals surface area contributed by atoms with E-state index in [0.29, 0.717) is 25.2 Å². The molecule has 2 amide bonds. The Kier molecular flexibility index (Phi) is 10.6. The van der Waals surface area contributed by atoms with Gasteiger partial charge >= 0.3 is 6.09 Å².